The lowest BCUT2D eigenvalue weighted by Crippen LogP contribution is -2.41. The molecule has 3 rings (SSSR count). The molecule has 3 N–H and O–H groups in total. The van der Waals surface area contributed by atoms with Gasteiger partial charge in [0.25, 0.3) is 0 Å². The molecule has 2 aromatic rings. The molecule has 1 heterocycles. The number of likely N-dealkylation sites (tertiary alicyclic amines) is 1. The largest absolute Gasteiger partial charge is 0.573 e. The summed E-state index contributed by atoms with van der Waals surface area (Å²) in [6.45, 7) is -0.0760. The smallest absolute Gasteiger partial charge is 0.444 e. The standard InChI is InChI=1S/C22H23F4N2O7P/c23-19-11-18(35-22(24,25)26)6-3-16(19)12-34-21(30)28-9-7-15(8-10-28)20(29)27-17-4-1-14(2-5-17)13-36(31,32)33/h1-6,11,15H,7-10,12-13H2,(H,27,29)(H2,31,32,33). The SMILES string of the molecule is O=C(Nc1ccc(CP(=O)(O)O)cc1)C1CCN(C(=O)OCc2ccc(OC(F)(F)F)cc2F)CC1. The van der Waals surface area contributed by atoms with E-state index in [1.807, 2.05) is 0 Å². The molecule has 14 heteroatoms. The van der Waals surface area contributed by atoms with Gasteiger partial charge in [-0.15, -0.1) is 13.2 Å². The van der Waals surface area contributed by atoms with Crippen molar-refractivity contribution in [1.29, 1.82) is 0 Å². The van der Waals surface area contributed by atoms with Gasteiger partial charge in [0.1, 0.15) is 18.2 Å². The zero-order valence-corrected chi connectivity index (χ0v) is 19.6. The minimum atomic E-state index is -4.96. The third-order valence-corrected chi connectivity index (χ3v) is 6.12. The fraction of sp³-hybridized carbons (Fsp3) is 0.364. The number of nitrogens with one attached hydrogen (secondary N) is 1. The van der Waals surface area contributed by atoms with Crippen LogP contribution in [0.1, 0.15) is 24.0 Å². The summed E-state index contributed by atoms with van der Waals surface area (Å²) in [4.78, 5) is 44.2. The van der Waals surface area contributed by atoms with Crippen molar-refractivity contribution in [3.63, 3.8) is 0 Å². The maximum absolute atomic E-state index is 14.0. The first kappa shape index (κ1) is 27.4. The summed E-state index contributed by atoms with van der Waals surface area (Å²) in [5.41, 5.74) is 0.766. The van der Waals surface area contributed by atoms with E-state index in [-0.39, 0.29) is 30.5 Å². The third kappa shape index (κ3) is 8.51. The first-order chi connectivity index (χ1) is 16.8. The van der Waals surface area contributed by atoms with Crippen LogP contribution in [0.3, 0.4) is 0 Å². The number of alkyl halides is 3. The van der Waals surface area contributed by atoms with Gasteiger partial charge < -0.3 is 29.5 Å². The van der Waals surface area contributed by atoms with Crippen LogP contribution in [0.2, 0.25) is 0 Å². The van der Waals surface area contributed by atoms with E-state index in [2.05, 4.69) is 10.1 Å². The average Bonchev–Trinajstić information content (AvgIpc) is 2.77. The van der Waals surface area contributed by atoms with Crippen LogP contribution in [0.5, 0.6) is 5.75 Å². The lowest BCUT2D eigenvalue weighted by Gasteiger charge is -2.30. The van der Waals surface area contributed by atoms with Crippen molar-refractivity contribution in [2.24, 2.45) is 5.92 Å². The number of carbonyl (C=O) groups excluding carboxylic acids is 2. The second kappa shape index (κ2) is 11.3. The van der Waals surface area contributed by atoms with E-state index in [0.29, 0.717) is 30.2 Å². The quantitative estimate of drug-likeness (QED) is 0.356. The van der Waals surface area contributed by atoms with Crippen LogP contribution >= 0.6 is 7.60 Å². The van der Waals surface area contributed by atoms with Gasteiger partial charge in [-0.05, 0) is 42.7 Å². The van der Waals surface area contributed by atoms with Gasteiger partial charge in [-0.3, -0.25) is 9.36 Å². The Labute approximate surface area is 203 Å². The Bertz CT molecular complexity index is 1130. The van der Waals surface area contributed by atoms with E-state index in [1.54, 1.807) is 0 Å². The number of rotatable bonds is 7. The maximum atomic E-state index is 14.0. The van der Waals surface area contributed by atoms with Gasteiger partial charge in [-0.1, -0.05) is 12.1 Å². The monoisotopic (exact) mass is 534 g/mol. The van der Waals surface area contributed by atoms with Gasteiger partial charge in [0.15, 0.2) is 0 Å². The van der Waals surface area contributed by atoms with E-state index in [1.165, 1.54) is 29.2 Å². The van der Waals surface area contributed by atoms with Crippen LogP contribution in [0, 0.1) is 11.7 Å². The van der Waals surface area contributed by atoms with Crippen molar-refractivity contribution in [3.05, 3.63) is 59.4 Å². The van der Waals surface area contributed by atoms with Crippen molar-refractivity contribution in [2.75, 3.05) is 18.4 Å². The summed E-state index contributed by atoms with van der Waals surface area (Å²) in [5.74, 6) is -2.40. The molecule has 2 aromatic carbocycles. The molecule has 1 aliphatic rings. The topological polar surface area (TPSA) is 125 Å². The predicted molar refractivity (Wildman–Crippen MR) is 118 cm³/mol. The summed E-state index contributed by atoms with van der Waals surface area (Å²) in [7, 11) is -4.19. The molecule has 9 nitrogen and oxygen atoms in total. The molecule has 0 aromatic heterocycles. The van der Waals surface area contributed by atoms with Crippen LogP contribution in [0.15, 0.2) is 42.5 Å². The van der Waals surface area contributed by atoms with Crippen molar-refractivity contribution < 1.29 is 51.0 Å². The van der Waals surface area contributed by atoms with E-state index in [4.69, 9.17) is 14.5 Å². The van der Waals surface area contributed by atoms with E-state index in [0.717, 1.165) is 12.1 Å². The van der Waals surface area contributed by atoms with Crippen LogP contribution in [-0.2, 0) is 26.9 Å². The van der Waals surface area contributed by atoms with Crippen LogP contribution in [0.25, 0.3) is 0 Å². The number of hydrogen-bond acceptors (Lipinski definition) is 5. The normalized spacial score (nSPS) is 14.9. The number of nitrogens with zero attached hydrogens (tertiary/aromatic N) is 1. The molecule has 0 spiro atoms. The highest BCUT2D eigenvalue weighted by Crippen LogP contribution is 2.39. The van der Waals surface area contributed by atoms with Gasteiger partial charge in [0.05, 0.1) is 6.16 Å². The third-order valence-electron chi connectivity index (χ3n) is 5.34. The van der Waals surface area contributed by atoms with Crippen LogP contribution in [0.4, 0.5) is 28.0 Å². The molecule has 0 aliphatic carbocycles. The second-order valence-electron chi connectivity index (χ2n) is 8.13. The molecule has 0 radical (unpaired) electrons. The Morgan fingerprint density at radius 3 is 2.28 bits per heavy atom. The molecule has 2 amide bonds. The Morgan fingerprint density at radius 2 is 1.72 bits per heavy atom. The van der Waals surface area contributed by atoms with Crippen LogP contribution in [-0.4, -0.2) is 46.1 Å². The number of benzene rings is 2. The van der Waals surface area contributed by atoms with Crippen molar-refractivity contribution >= 4 is 25.3 Å². The van der Waals surface area contributed by atoms with Gasteiger partial charge in [0, 0.05) is 36.3 Å². The zero-order valence-electron chi connectivity index (χ0n) is 18.7. The number of piperidine rings is 1. The first-order valence-electron chi connectivity index (χ1n) is 10.7. The maximum Gasteiger partial charge on any atom is 0.573 e. The number of carbonyl (C=O) groups is 2. The number of ether oxygens (including phenoxy) is 2. The number of halogens is 4. The molecular formula is C22H23F4N2O7P. The number of hydrogen-bond donors (Lipinski definition) is 3. The Hall–Kier alpha value is -3.15. The molecule has 36 heavy (non-hydrogen) atoms. The van der Waals surface area contributed by atoms with Crippen molar-refractivity contribution in [2.45, 2.75) is 32.0 Å². The lowest BCUT2D eigenvalue weighted by atomic mass is 9.96. The van der Waals surface area contributed by atoms with E-state index in [9.17, 15) is 31.7 Å². The summed E-state index contributed by atoms with van der Waals surface area (Å²) in [6.07, 6.45) is -5.42. The highest BCUT2D eigenvalue weighted by atomic mass is 31.2. The van der Waals surface area contributed by atoms with E-state index < -0.39 is 44.4 Å². The van der Waals surface area contributed by atoms with Crippen LogP contribution < -0.4 is 10.1 Å². The molecule has 0 bridgehead atoms. The molecule has 0 unspecified atom stereocenters. The summed E-state index contributed by atoms with van der Waals surface area (Å²) < 4.78 is 70.4. The summed E-state index contributed by atoms with van der Waals surface area (Å²) in [6, 6.07) is 8.58. The van der Waals surface area contributed by atoms with E-state index >= 15 is 0 Å². The molecule has 1 aliphatic heterocycles. The van der Waals surface area contributed by atoms with Gasteiger partial charge in [-0.2, -0.15) is 0 Å². The predicted octanol–water partition coefficient (Wildman–Crippen LogP) is 4.39. The molecular weight excluding hydrogens is 511 g/mol. The van der Waals surface area contributed by atoms with Gasteiger partial charge in [0.2, 0.25) is 5.91 Å². The fourth-order valence-corrected chi connectivity index (χ4v) is 4.26. The molecule has 0 saturated carbocycles. The van der Waals surface area contributed by atoms with Gasteiger partial charge >= 0.3 is 20.1 Å². The summed E-state index contributed by atoms with van der Waals surface area (Å²) >= 11 is 0. The van der Waals surface area contributed by atoms with Crippen molar-refractivity contribution in [3.8, 4) is 5.75 Å². The molecule has 196 valence electrons. The number of anilines is 1. The Morgan fingerprint density at radius 1 is 1.08 bits per heavy atom. The Kier molecular flexibility index (Phi) is 8.59. The minimum Gasteiger partial charge on any atom is -0.444 e. The highest BCUT2D eigenvalue weighted by Gasteiger charge is 2.31. The first-order valence-corrected chi connectivity index (χ1v) is 12.5. The Balaban J connectivity index is 1.44. The number of amides is 2. The second-order valence-corrected chi connectivity index (χ2v) is 9.77. The molecule has 0 atom stereocenters. The molecule has 1 saturated heterocycles. The van der Waals surface area contributed by atoms with Crippen molar-refractivity contribution in [1.82, 2.24) is 4.90 Å². The minimum absolute atomic E-state index is 0.126. The van der Waals surface area contributed by atoms with Gasteiger partial charge in [-0.25, -0.2) is 9.18 Å². The highest BCUT2D eigenvalue weighted by molar-refractivity contribution is 7.50. The zero-order chi connectivity index (χ0) is 26.5. The summed E-state index contributed by atoms with van der Waals surface area (Å²) in [5, 5.41) is 2.73. The fourth-order valence-electron chi connectivity index (χ4n) is 3.57. The molecule has 1 fully saturated rings. The lowest BCUT2D eigenvalue weighted by molar-refractivity contribution is -0.274. The average molecular weight is 534 g/mol.